The molecule has 0 fully saturated rings. The van der Waals surface area contributed by atoms with Gasteiger partial charge >= 0.3 is 0 Å². The summed E-state index contributed by atoms with van der Waals surface area (Å²) in [5.41, 5.74) is 4.33. The van der Waals surface area contributed by atoms with Crippen molar-refractivity contribution in [3.63, 3.8) is 0 Å². The first-order chi connectivity index (χ1) is 13.0. The summed E-state index contributed by atoms with van der Waals surface area (Å²) in [7, 11) is 0. The highest BCUT2D eigenvalue weighted by Crippen LogP contribution is 2.19. The second-order valence-electron chi connectivity index (χ2n) is 6.75. The summed E-state index contributed by atoms with van der Waals surface area (Å²) < 4.78 is 0. The van der Waals surface area contributed by atoms with Crippen LogP contribution in [-0.4, -0.2) is 11.7 Å². The van der Waals surface area contributed by atoms with Crippen LogP contribution in [0.3, 0.4) is 0 Å². The number of carbonyl (C=O) groups excluding carboxylic acids is 2. The van der Waals surface area contributed by atoms with Crippen LogP contribution in [0.15, 0.2) is 78.9 Å². The lowest BCUT2D eigenvalue weighted by molar-refractivity contribution is -0.122. The van der Waals surface area contributed by atoms with Crippen molar-refractivity contribution in [2.45, 2.75) is 26.3 Å². The molecule has 0 heterocycles. The van der Waals surface area contributed by atoms with Crippen molar-refractivity contribution in [1.82, 2.24) is 5.32 Å². The van der Waals surface area contributed by atoms with Gasteiger partial charge in [-0.15, -0.1) is 0 Å². The van der Waals surface area contributed by atoms with E-state index in [1.165, 1.54) is 5.56 Å². The van der Waals surface area contributed by atoms with Crippen molar-refractivity contribution >= 4 is 11.7 Å². The first-order valence-electron chi connectivity index (χ1n) is 9.07. The third-order valence-electron chi connectivity index (χ3n) is 4.67. The zero-order valence-electron chi connectivity index (χ0n) is 15.6. The molecule has 0 aliphatic carbocycles. The molecule has 3 heteroatoms. The van der Waals surface area contributed by atoms with Gasteiger partial charge in [0, 0.05) is 17.7 Å². The van der Waals surface area contributed by atoms with Crippen LogP contribution < -0.4 is 5.32 Å². The van der Waals surface area contributed by atoms with E-state index in [1.54, 1.807) is 18.2 Å². The van der Waals surface area contributed by atoms with Gasteiger partial charge in [0.25, 0.3) is 0 Å². The van der Waals surface area contributed by atoms with E-state index in [0.717, 1.165) is 11.1 Å². The van der Waals surface area contributed by atoms with Crippen LogP contribution >= 0.6 is 0 Å². The highest BCUT2D eigenvalue weighted by Gasteiger charge is 2.17. The number of hydrogen-bond donors (Lipinski definition) is 1. The lowest BCUT2D eigenvalue weighted by atomic mass is 9.95. The van der Waals surface area contributed by atoms with E-state index in [9.17, 15) is 9.59 Å². The smallest absolute Gasteiger partial charge is 0.227 e. The highest BCUT2D eigenvalue weighted by molar-refractivity contribution is 6.09. The Morgan fingerprint density at radius 1 is 0.852 bits per heavy atom. The van der Waals surface area contributed by atoms with Crippen molar-refractivity contribution in [1.29, 1.82) is 0 Å². The van der Waals surface area contributed by atoms with Crippen LogP contribution in [-0.2, 0) is 11.3 Å². The maximum Gasteiger partial charge on any atom is 0.227 e. The van der Waals surface area contributed by atoms with Crippen LogP contribution in [0.5, 0.6) is 0 Å². The van der Waals surface area contributed by atoms with Gasteiger partial charge in [0.15, 0.2) is 5.78 Å². The fraction of sp³-hybridized carbons (Fsp3) is 0.167. The summed E-state index contributed by atoms with van der Waals surface area (Å²) in [4.78, 5) is 25.2. The van der Waals surface area contributed by atoms with Gasteiger partial charge in [0.05, 0.1) is 5.92 Å². The molecule has 27 heavy (non-hydrogen) atoms. The van der Waals surface area contributed by atoms with Crippen molar-refractivity contribution in [2.24, 2.45) is 0 Å². The van der Waals surface area contributed by atoms with Gasteiger partial charge in [-0.05, 0) is 31.0 Å². The van der Waals surface area contributed by atoms with E-state index in [0.29, 0.717) is 17.7 Å². The van der Waals surface area contributed by atoms with Gasteiger partial charge in [0.2, 0.25) is 5.91 Å². The van der Waals surface area contributed by atoms with Crippen LogP contribution in [0.4, 0.5) is 0 Å². The largest absolute Gasteiger partial charge is 0.352 e. The summed E-state index contributed by atoms with van der Waals surface area (Å²) >= 11 is 0. The maximum atomic E-state index is 12.6. The van der Waals surface area contributed by atoms with Crippen LogP contribution in [0.2, 0.25) is 0 Å². The van der Waals surface area contributed by atoms with Crippen LogP contribution in [0.25, 0.3) is 0 Å². The molecule has 3 nitrogen and oxygen atoms in total. The van der Waals surface area contributed by atoms with E-state index in [2.05, 4.69) is 5.32 Å². The lowest BCUT2D eigenvalue weighted by Gasteiger charge is -2.14. The van der Waals surface area contributed by atoms with Crippen molar-refractivity contribution < 1.29 is 9.59 Å². The molecule has 0 aromatic heterocycles. The quantitative estimate of drug-likeness (QED) is 0.653. The Labute approximate surface area is 160 Å². The zero-order chi connectivity index (χ0) is 19.2. The molecule has 1 N–H and O–H groups in total. The summed E-state index contributed by atoms with van der Waals surface area (Å²) in [6, 6.07) is 24.6. The minimum absolute atomic E-state index is 0.0373. The number of rotatable bonds is 6. The second-order valence-corrected chi connectivity index (χ2v) is 6.75. The summed E-state index contributed by atoms with van der Waals surface area (Å²) in [5, 5.41) is 2.97. The molecular formula is C24H23NO2. The molecule has 0 unspecified atom stereocenters. The molecule has 0 saturated heterocycles. The van der Waals surface area contributed by atoms with Gasteiger partial charge in [0.1, 0.15) is 0 Å². The Morgan fingerprint density at radius 3 is 2.22 bits per heavy atom. The molecular weight excluding hydrogens is 334 g/mol. The Morgan fingerprint density at radius 2 is 1.52 bits per heavy atom. The van der Waals surface area contributed by atoms with E-state index < -0.39 is 0 Å². The first-order valence-corrected chi connectivity index (χ1v) is 9.07. The average Bonchev–Trinajstić information content (AvgIpc) is 2.72. The summed E-state index contributed by atoms with van der Waals surface area (Å²) in [5.74, 6) is -0.427. The topological polar surface area (TPSA) is 46.2 Å². The molecule has 3 aromatic rings. The number of nitrogens with one attached hydrogen (secondary N) is 1. The molecule has 0 aliphatic rings. The van der Waals surface area contributed by atoms with E-state index in [4.69, 9.17) is 0 Å². The van der Waals surface area contributed by atoms with Gasteiger partial charge in [-0.25, -0.2) is 0 Å². The lowest BCUT2D eigenvalue weighted by Crippen LogP contribution is -2.27. The monoisotopic (exact) mass is 357 g/mol. The Hall–Kier alpha value is -3.20. The molecule has 1 atom stereocenters. The normalized spacial score (nSPS) is 11.6. The molecule has 0 aliphatic heterocycles. The van der Waals surface area contributed by atoms with E-state index in [1.807, 2.05) is 74.5 Å². The minimum Gasteiger partial charge on any atom is -0.352 e. The Balaban J connectivity index is 1.69. The molecule has 3 rings (SSSR count). The predicted molar refractivity (Wildman–Crippen MR) is 108 cm³/mol. The second kappa shape index (κ2) is 8.45. The molecule has 0 bridgehead atoms. The SMILES string of the molecule is Cc1ccc(CNC(=O)[C@H](C)c2cccc(C(=O)c3ccccc3)c2)cc1. The first kappa shape index (κ1) is 18.6. The molecule has 0 radical (unpaired) electrons. The standard InChI is InChI=1S/C24H23NO2/c1-17-11-13-19(14-12-17)16-25-24(27)18(2)21-9-6-10-22(15-21)23(26)20-7-4-3-5-8-20/h3-15,18H,16H2,1-2H3,(H,25,27)/t18-/m1/s1. The number of carbonyl (C=O) groups is 2. The van der Waals surface area contributed by atoms with Crippen LogP contribution in [0, 0.1) is 6.92 Å². The predicted octanol–water partition coefficient (Wildman–Crippen LogP) is 4.65. The van der Waals surface area contributed by atoms with Crippen molar-refractivity contribution in [3.05, 3.63) is 107 Å². The molecule has 136 valence electrons. The maximum absolute atomic E-state index is 12.6. The number of ketones is 1. The number of aryl methyl sites for hydroxylation is 1. The number of benzene rings is 3. The third-order valence-corrected chi connectivity index (χ3v) is 4.67. The Kier molecular flexibility index (Phi) is 5.82. The van der Waals surface area contributed by atoms with Gasteiger partial charge in [-0.1, -0.05) is 78.4 Å². The Bertz CT molecular complexity index is 930. The highest BCUT2D eigenvalue weighted by atomic mass is 16.1. The molecule has 0 spiro atoms. The number of amides is 1. The fourth-order valence-electron chi connectivity index (χ4n) is 2.91. The molecule has 1 amide bonds. The van der Waals surface area contributed by atoms with Gasteiger partial charge in [-0.3, -0.25) is 9.59 Å². The number of hydrogen-bond acceptors (Lipinski definition) is 2. The zero-order valence-corrected chi connectivity index (χ0v) is 15.6. The fourth-order valence-corrected chi connectivity index (χ4v) is 2.91. The van der Waals surface area contributed by atoms with Crippen molar-refractivity contribution in [3.8, 4) is 0 Å². The minimum atomic E-state index is -0.334. The average molecular weight is 357 g/mol. The van der Waals surface area contributed by atoms with E-state index >= 15 is 0 Å². The third kappa shape index (κ3) is 4.70. The van der Waals surface area contributed by atoms with Gasteiger partial charge in [-0.2, -0.15) is 0 Å². The van der Waals surface area contributed by atoms with Gasteiger partial charge < -0.3 is 5.32 Å². The van der Waals surface area contributed by atoms with E-state index in [-0.39, 0.29) is 17.6 Å². The summed E-state index contributed by atoms with van der Waals surface area (Å²) in [6.45, 7) is 4.39. The van der Waals surface area contributed by atoms with Crippen molar-refractivity contribution in [2.75, 3.05) is 0 Å². The van der Waals surface area contributed by atoms with Crippen LogP contribution in [0.1, 0.15) is 45.5 Å². The molecule has 0 saturated carbocycles. The summed E-state index contributed by atoms with van der Waals surface area (Å²) in [6.07, 6.45) is 0. The molecule has 3 aromatic carbocycles.